The van der Waals surface area contributed by atoms with Gasteiger partial charge in [-0.2, -0.15) is 0 Å². The van der Waals surface area contributed by atoms with Crippen molar-refractivity contribution in [3.8, 4) is 11.5 Å². The second-order valence-corrected chi connectivity index (χ2v) is 4.76. The number of rotatable bonds is 7. The molecule has 22 heavy (non-hydrogen) atoms. The number of ether oxygens (including phenoxy) is 3. The largest absolute Gasteiger partial charge is 0.489 e. The molecule has 0 radical (unpaired) electrons. The number of esters is 1. The van der Waals surface area contributed by atoms with Crippen molar-refractivity contribution < 1.29 is 19.0 Å². The van der Waals surface area contributed by atoms with Gasteiger partial charge in [-0.3, -0.25) is 0 Å². The van der Waals surface area contributed by atoms with E-state index in [1.807, 2.05) is 37.3 Å². The Labute approximate surface area is 134 Å². The predicted molar refractivity (Wildman–Crippen MR) is 86.7 cm³/mol. The minimum Gasteiger partial charge on any atom is -0.489 e. The number of halogens is 1. The van der Waals surface area contributed by atoms with E-state index in [0.717, 1.165) is 28.2 Å². The van der Waals surface area contributed by atoms with Crippen molar-refractivity contribution in [2.24, 2.45) is 0 Å². The summed E-state index contributed by atoms with van der Waals surface area (Å²) < 4.78 is 16.1. The van der Waals surface area contributed by atoms with E-state index >= 15 is 0 Å². The first-order valence-corrected chi connectivity index (χ1v) is 7.34. The number of carbonyl (C=O) groups is 1. The van der Waals surface area contributed by atoms with Gasteiger partial charge in [0.1, 0.15) is 24.7 Å². The third kappa shape index (κ3) is 3.71. The number of hydrogen-bond acceptors (Lipinski definition) is 4. The lowest BCUT2D eigenvalue weighted by molar-refractivity contribution is -0.138. The lowest BCUT2D eigenvalue weighted by Gasteiger charge is -2.15. The summed E-state index contributed by atoms with van der Waals surface area (Å²) in [5.41, 5.74) is 0.925. The second-order valence-electron chi connectivity index (χ2n) is 4.54. The Morgan fingerprint density at radius 3 is 2.64 bits per heavy atom. The molecular weight excluding hydrogens is 304 g/mol. The first-order valence-electron chi connectivity index (χ1n) is 6.80. The number of carbonyl (C=O) groups excluding carboxylic acids is 1. The van der Waals surface area contributed by atoms with Gasteiger partial charge in [0, 0.05) is 16.8 Å². The third-order valence-corrected chi connectivity index (χ3v) is 3.20. The molecule has 0 saturated heterocycles. The molecule has 0 aliphatic rings. The average Bonchev–Trinajstić information content (AvgIpc) is 2.53. The molecule has 2 aromatic rings. The van der Waals surface area contributed by atoms with E-state index in [0.29, 0.717) is 5.75 Å². The predicted octanol–water partition coefficient (Wildman–Crippen LogP) is 3.83. The Bertz CT molecular complexity index is 682. The van der Waals surface area contributed by atoms with Crippen LogP contribution in [0.2, 0.25) is 0 Å². The molecule has 0 aromatic heterocycles. The molecule has 0 spiro atoms. The van der Waals surface area contributed by atoms with Crippen LogP contribution in [0.1, 0.15) is 5.56 Å². The van der Waals surface area contributed by atoms with Gasteiger partial charge < -0.3 is 14.2 Å². The standard InChI is InChI=1S/C17H17ClO4/c1-3-16(19)20-8-9-21-17-12(2)10-15(22-11-18)13-6-4-5-7-14(13)17/h3-7,10H,1,8-9,11H2,2H3. The Kier molecular flexibility index (Phi) is 5.67. The maximum Gasteiger partial charge on any atom is 0.330 e. The fraction of sp³-hybridized carbons (Fsp3) is 0.235. The van der Waals surface area contributed by atoms with Gasteiger partial charge in [0.05, 0.1) is 0 Å². The summed E-state index contributed by atoms with van der Waals surface area (Å²) >= 11 is 5.66. The van der Waals surface area contributed by atoms with E-state index in [4.69, 9.17) is 25.8 Å². The number of aryl methyl sites for hydroxylation is 1. The normalized spacial score (nSPS) is 10.3. The molecule has 0 aliphatic carbocycles. The molecule has 0 saturated carbocycles. The number of alkyl halides is 1. The molecule has 0 N–H and O–H groups in total. The summed E-state index contributed by atoms with van der Waals surface area (Å²) in [4.78, 5) is 11.0. The highest BCUT2D eigenvalue weighted by atomic mass is 35.5. The monoisotopic (exact) mass is 320 g/mol. The quantitative estimate of drug-likeness (QED) is 0.336. The van der Waals surface area contributed by atoms with Crippen LogP contribution in [-0.4, -0.2) is 25.2 Å². The zero-order valence-corrected chi connectivity index (χ0v) is 13.1. The minimum absolute atomic E-state index is 0.0845. The minimum atomic E-state index is -0.462. The Morgan fingerprint density at radius 2 is 1.95 bits per heavy atom. The molecule has 0 bridgehead atoms. The molecule has 0 fully saturated rings. The molecule has 5 heteroatoms. The van der Waals surface area contributed by atoms with Crippen molar-refractivity contribution in [2.45, 2.75) is 6.92 Å². The summed E-state index contributed by atoms with van der Waals surface area (Å²) in [5.74, 6) is 0.997. The molecule has 0 unspecified atom stereocenters. The van der Waals surface area contributed by atoms with Crippen LogP contribution in [0.25, 0.3) is 10.8 Å². The second kappa shape index (κ2) is 7.71. The smallest absolute Gasteiger partial charge is 0.330 e. The maximum atomic E-state index is 11.0. The molecule has 2 aromatic carbocycles. The van der Waals surface area contributed by atoms with Crippen molar-refractivity contribution in [2.75, 3.05) is 19.3 Å². The fourth-order valence-corrected chi connectivity index (χ4v) is 2.28. The van der Waals surface area contributed by atoms with Gasteiger partial charge in [0.25, 0.3) is 0 Å². The van der Waals surface area contributed by atoms with E-state index in [-0.39, 0.29) is 19.3 Å². The van der Waals surface area contributed by atoms with E-state index in [1.165, 1.54) is 0 Å². The summed E-state index contributed by atoms with van der Waals surface area (Å²) in [6.45, 7) is 5.70. The highest BCUT2D eigenvalue weighted by Crippen LogP contribution is 2.36. The number of hydrogen-bond donors (Lipinski definition) is 0. The zero-order valence-electron chi connectivity index (χ0n) is 12.3. The lowest BCUT2D eigenvalue weighted by Crippen LogP contribution is -2.11. The molecule has 4 nitrogen and oxygen atoms in total. The highest BCUT2D eigenvalue weighted by Gasteiger charge is 2.11. The fourth-order valence-electron chi connectivity index (χ4n) is 2.16. The van der Waals surface area contributed by atoms with Crippen LogP contribution in [-0.2, 0) is 9.53 Å². The average molecular weight is 321 g/mol. The topological polar surface area (TPSA) is 44.8 Å². The number of benzene rings is 2. The van der Waals surface area contributed by atoms with Crippen LogP contribution in [0.4, 0.5) is 0 Å². The van der Waals surface area contributed by atoms with E-state index in [2.05, 4.69) is 6.58 Å². The Morgan fingerprint density at radius 1 is 1.23 bits per heavy atom. The maximum absolute atomic E-state index is 11.0. The van der Waals surface area contributed by atoms with E-state index < -0.39 is 5.97 Å². The van der Waals surface area contributed by atoms with Gasteiger partial charge in [-0.05, 0) is 18.6 Å². The van der Waals surface area contributed by atoms with Gasteiger partial charge >= 0.3 is 5.97 Å². The molecule has 116 valence electrons. The van der Waals surface area contributed by atoms with Gasteiger partial charge in [0.15, 0.2) is 6.07 Å². The van der Waals surface area contributed by atoms with Gasteiger partial charge in [-0.15, -0.1) is 0 Å². The van der Waals surface area contributed by atoms with Crippen LogP contribution in [0.3, 0.4) is 0 Å². The Hall–Kier alpha value is -2.20. The number of fused-ring (bicyclic) bond motifs is 1. The van der Waals surface area contributed by atoms with Crippen LogP contribution in [0, 0.1) is 6.92 Å². The summed E-state index contributed by atoms with van der Waals surface area (Å²) in [6.07, 6.45) is 1.12. The lowest BCUT2D eigenvalue weighted by atomic mass is 10.0. The van der Waals surface area contributed by atoms with Crippen LogP contribution < -0.4 is 9.47 Å². The van der Waals surface area contributed by atoms with Crippen LogP contribution in [0.5, 0.6) is 11.5 Å². The van der Waals surface area contributed by atoms with Gasteiger partial charge in [-0.25, -0.2) is 4.79 Å². The first kappa shape index (κ1) is 16.2. The Balaban J connectivity index is 2.22. The van der Waals surface area contributed by atoms with Crippen molar-refractivity contribution in [3.05, 3.63) is 48.6 Å². The summed E-state index contributed by atoms with van der Waals surface area (Å²) in [6, 6.07) is 9.72. The molecule has 0 aliphatic heterocycles. The molecule has 0 amide bonds. The van der Waals surface area contributed by atoms with E-state index in [1.54, 1.807) is 0 Å². The first-order chi connectivity index (χ1) is 10.7. The molecular formula is C17H17ClO4. The van der Waals surface area contributed by atoms with Crippen LogP contribution >= 0.6 is 11.6 Å². The van der Waals surface area contributed by atoms with Crippen molar-refractivity contribution in [1.82, 2.24) is 0 Å². The van der Waals surface area contributed by atoms with Crippen molar-refractivity contribution >= 4 is 28.3 Å². The summed E-state index contributed by atoms with van der Waals surface area (Å²) in [7, 11) is 0. The molecule has 2 rings (SSSR count). The van der Waals surface area contributed by atoms with E-state index in [9.17, 15) is 4.79 Å². The van der Waals surface area contributed by atoms with Gasteiger partial charge in [0.2, 0.25) is 0 Å². The zero-order chi connectivity index (χ0) is 15.9. The molecule has 0 atom stereocenters. The SMILES string of the molecule is C=CC(=O)OCCOc1c(C)cc(OCCl)c2ccccc12. The van der Waals surface area contributed by atoms with Crippen molar-refractivity contribution in [1.29, 1.82) is 0 Å². The third-order valence-electron chi connectivity index (χ3n) is 3.09. The van der Waals surface area contributed by atoms with Crippen molar-refractivity contribution in [3.63, 3.8) is 0 Å². The highest BCUT2D eigenvalue weighted by molar-refractivity contribution is 6.17. The van der Waals surface area contributed by atoms with Gasteiger partial charge in [-0.1, -0.05) is 42.4 Å². The summed E-state index contributed by atoms with van der Waals surface area (Å²) in [5, 5.41) is 1.85. The van der Waals surface area contributed by atoms with Crippen LogP contribution in [0.15, 0.2) is 43.0 Å². The molecule has 0 heterocycles.